The van der Waals surface area contributed by atoms with Crippen molar-refractivity contribution in [3.63, 3.8) is 0 Å². The Bertz CT molecular complexity index is 659. The lowest BCUT2D eigenvalue weighted by atomic mass is 10.0. The van der Waals surface area contributed by atoms with Crippen LogP contribution in [-0.4, -0.2) is 25.2 Å². The Hall–Kier alpha value is -2.43. The topological polar surface area (TPSA) is 77.3 Å². The van der Waals surface area contributed by atoms with Gasteiger partial charge in [0.15, 0.2) is 0 Å². The third kappa shape index (κ3) is 2.34. The van der Waals surface area contributed by atoms with Crippen molar-refractivity contribution >= 4 is 11.8 Å². The van der Waals surface area contributed by atoms with Crippen LogP contribution in [0.2, 0.25) is 0 Å². The van der Waals surface area contributed by atoms with Gasteiger partial charge in [-0.25, -0.2) is 4.79 Å². The van der Waals surface area contributed by atoms with Crippen molar-refractivity contribution in [2.75, 3.05) is 20.0 Å². The lowest BCUT2D eigenvalue weighted by molar-refractivity contribution is 0.0602. The Labute approximate surface area is 117 Å². The van der Waals surface area contributed by atoms with E-state index >= 15 is 0 Å². The number of carbonyl (C=O) groups is 1. The Kier molecular flexibility index (Phi) is 3.70. The van der Waals surface area contributed by atoms with Crippen molar-refractivity contribution in [3.05, 3.63) is 34.9 Å². The maximum Gasteiger partial charge on any atom is 0.341 e. The number of methoxy groups -OCH3 is 2. The number of hydrogen-bond donors (Lipinski definition) is 2. The smallest absolute Gasteiger partial charge is 0.341 e. The molecule has 0 amide bonds. The minimum atomic E-state index is -0.464. The van der Waals surface area contributed by atoms with Gasteiger partial charge in [0, 0.05) is 5.56 Å². The number of anilines is 1. The summed E-state index contributed by atoms with van der Waals surface area (Å²) in [4.78, 5) is 14.6. The maximum absolute atomic E-state index is 11.6. The molecule has 1 aromatic heterocycles. The summed E-state index contributed by atoms with van der Waals surface area (Å²) in [6.07, 6.45) is 0. The van der Waals surface area contributed by atoms with E-state index in [4.69, 9.17) is 15.2 Å². The SMILES string of the molecule is COC(=O)c1cc(-c2cc(C)cc(C)c2OC)[nH]c1N. The van der Waals surface area contributed by atoms with Crippen LogP contribution in [0.4, 0.5) is 5.82 Å². The van der Waals surface area contributed by atoms with E-state index in [0.29, 0.717) is 5.56 Å². The number of aromatic nitrogens is 1. The van der Waals surface area contributed by atoms with Crippen molar-refractivity contribution in [1.29, 1.82) is 0 Å². The molecule has 1 heterocycles. The van der Waals surface area contributed by atoms with E-state index in [9.17, 15) is 4.79 Å². The number of hydrogen-bond acceptors (Lipinski definition) is 4. The number of aromatic amines is 1. The minimum Gasteiger partial charge on any atom is -0.496 e. The number of esters is 1. The Morgan fingerprint density at radius 1 is 1.20 bits per heavy atom. The number of benzene rings is 1. The van der Waals surface area contributed by atoms with E-state index in [1.165, 1.54) is 7.11 Å². The fourth-order valence-corrected chi connectivity index (χ4v) is 2.32. The van der Waals surface area contributed by atoms with Crippen molar-refractivity contribution in [3.8, 4) is 17.0 Å². The van der Waals surface area contributed by atoms with Gasteiger partial charge in [-0.15, -0.1) is 0 Å². The van der Waals surface area contributed by atoms with Crippen LogP contribution < -0.4 is 10.5 Å². The molecule has 0 aliphatic rings. The van der Waals surface area contributed by atoms with Gasteiger partial charge in [0.2, 0.25) is 0 Å². The molecule has 0 bridgehead atoms. The first-order chi connectivity index (χ1) is 9.47. The lowest BCUT2D eigenvalue weighted by Crippen LogP contribution is -2.02. The largest absolute Gasteiger partial charge is 0.496 e. The zero-order valence-electron chi connectivity index (χ0n) is 12.0. The van der Waals surface area contributed by atoms with Crippen molar-refractivity contribution in [2.24, 2.45) is 0 Å². The number of nitrogen functional groups attached to an aromatic ring is 1. The summed E-state index contributed by atoms with van der Waals surface area (Å²) in [6, 6.07) is 5.70. The summed E-state index contributed by atoms with van der Waals surface area (Å²) in [5, 5.41) is 0. The first-order valence-corrected chi connectivity index (χ1v) is 6.20. The van der Waals surface area contributed by atoms with E-state index in [-0.39, 0.29) is 5.82 Å². The zero-order valence-corrected chi connectivity index (χ0v) is 12.0. The molecule has 106 valence electrons. The van der Waals surface area contributed by atoms with Crippen LogP contribution >= 0.6 is 0 Å². The van der Waals surface area contributed by atoms with Gasteiger partial charge in [0.25, 0.3) is 0 Å². The van der Waals surface area contributed by atoms with Crippen LogP contribution in [0.25, 0.3) is 11.3 Å². The fourth-order valence-electron chi connectivity index (χ4n) is 2.32. The molecule has 5 heteroatoms. The van der Waals surface area contributed by atoms with Gasteiger partial charge in [0.05, 0.1) is 19.9 Å². The van der Waals surface area contributed by atoms with E-state index in [2.05, 4.69) is 4.98 Å². The zero-order chi connectivity index (χ0) is 14.9. The van der Waals surface area contributed by atoms with Gasteiger partial charge < -0.3 is 20.2 Å². The molecule has 3 N–H and O–H groups in total. The fraction of sp³-hybridized carbons (Fsp3) is 0.267. The van der Waals surface area contributed by atoms with E-state index in [1.807, 2.05) is 26.0 Å². The summed E-state index contributed by atoms with van der Waals surface area (Å²) >= 11 is 0. The second kappa shape index (κ2) is 5.28. The molecule has 2 aromatic rings. The number of ether oxygens (including phenoxy) is 2. The quantitative estimate of drug-likeness (QED) is 0.843. The van der Waals surface area contributed by atoms with Crippen LogP contribution in [0, 0.1) is 13.8 Å². The third-order valence-electron chi connectivity index (χ3n) is 3.17. The highest BCUT2D eigenvalue weighted by Gasteiger charge is 2.17. The molecule has 0 aliphatic carbocycles. The predicted octanol–water partition coefficient (Wildman–Crippen LogP) is 2.68. The lowest BCUT2D eigenvalue weighted by Gasteiger charge is -2.11. The molecule has 5 nitrogen and oxygen atoms in total. The summed E-state index contributed by atoms with van der Waals surface area (Å²) in [6.45, 7) is 3.98. The molecule has 0 aliphatic heterocycles. The maximum atomic E-state index is 11.6. The average Bonchev–Trinajstić information content (AvgIpc) is 2.79. The number of rotatable bonds is 3. The highest BCUT2D eigenvalue weighted by molar-refractivity contribution is 5.96. The molecule has 0 atom stereocenters. The molecule has 1 aromatic carbocycles. The third-order valence-corrected chi connectivity index (χ3v) is 3.17. The van der Waals surface area contributed by atoms with Gasteiger partial charge >= 0.3 is 5.97 Å². The highest BCUT2D eigenvalue weighted by Crippen LogP contribution is 2.35. The number of nitrogens with one attached hydrogen (secondary N) is 1. The first-order valence-electron chi connectivity index (χ1n) is 6.20. The van der Waals surface area contributed by atoms with Crippen LogP contribution in [0.1, 0.15) is 21.5 Å². The first kappa shape index (κ1) is 14.0. The number of H-pyrrole nitrogens is 1. The van der Waals surface area contributed by atoms with E-state index < -0.39 is 5.97 Å². The highest BCUT2D eigenvalue weighted by atomic mass is 16.5. The van der Waals surface area contributed by atoms with Gasteiger partial charge in [-0.2, -0.15) is 0 Å². The van der Waals surface area contributed by atoms with Crippen molar-refractivity contribution in [2.45, 2.75) is 13.8 Å². The second-order valence-electron chi connectivity index (χ2n) is 4.66. The van der Waals surface area contributed by atoms with E-state index in [1.54, 1.807) is 13.2 Å². The van der Waals surface area contributed by atoms with Crippen LogP contribution in [0.5, 0.6) is 5.75 Å². The summed E-state index contributed by atoms with van der Waals surface area (Å²) in [5.74, 6) is 0.578. The van der Waals surface area contributed by atoms with Crippen LogP contribution in [0.15, 0.2) is 18.2 Å². The molecule has 0 fully saturated rings. The standard InChI is InChI=1S/C15H18N2O3/c1-8-5-9(2)13(19-3)10(6-8)12-7-11(14(16)17-12)15(18)20-4/h5-7,17H,16H2,1-4H3. The molecule has 20 heavy (non-hydrogen) atoms. The van der Waals surface area contributed by atoms with Gasteiger partial charge in [-0.3, -0.25) is 0 Å². The normalized spacial score (nSPS) is 10.4. The molecular formula is C15H18N2O3. The molecule has 0 radical (unpaired) electrons. The van der Waals surface area contributed by atoms with Gasteiger partial charge in [-0.1, -0.05) is 6.07 Å². The monoisotopic (exact) mass is 274 g/mol. The summed E-state index contributed by atoms with van der Waals surface area (Å²) < 4.78 is 10.1. The molecule has 0 unspecified atom stereocenters. The van der Waals surface area contributed by atoms with Crippen LogP contribution in [-0.2, 0) is 4.74 Å². The Balaban J connectivity index is 2.60. The van der Waals surface area contributed by atoms with Gasteiger partial charge in [-0.05, 0) is 37.1 Å². The number of nitrogens with two attached hydrogens (primary N) is 1. The molecular weight excluding hydrogens is 256 g/mol. The number of carbonyl (C=O) groups excluding carboxylic acids is 1. The minimum absolute atomic E-state index is 0.285. The molecule has 0 saturated carbocycles. The number of aryl methyl sites for hydroxylation is 2. The Morgan fingerprint density at radius 3 is 2.50 bits per heavy atom. The molecule has 0 saturated heterocycles. The van der Waals surface area contributed by atoms with E-state index in [0.717, 1.165) is 28.1 Å². The molecule has 2 rings (SSSR count). The van der Waals surface area contributed by atoms with Crippen molar-refractivity contribution in [1.82, 2.24) is 4.98 Å². The second-order valence-corrected chi connectivity index (χ2v) is 4.66. The predicted molar refractivity (Wildman–Crippen MR) is 78.0 cm³/mol. The van der Waals surface area contributed by atoms with Gasteiger partial charge in [0.1, 0.15) is 17.1 Å². The van der Waals surface area contributed by atoms with Crippen LogP contribution in [0.3, 0.4) is 0 Å². The summed E-state index contributed by atoms with van der Waals surface area (Å²) in [5.41, 5.74) is 9.87. The Morgan fingerprint density at radius 2 is 1.90 bits per heavy atom. The summed E-state index contributed by atoms with van der Waals surface area (Å²) in [7, 11) is 2.94. The molecule has 0 spiro atoms. The van der Waals surface area contributed by atoms with Crippen molar-refractivity contribution < 1.29 is 14.3 Å². The average molecular weight is 274 g/mol.